The Morgan fingerprint density at radius 2 is 1.47 bits per heavy atom. The van der Waals surface area contributed by atoms with Crippen LogP contribution >= 0.6 is 11.8 Å². The summed E-state index contributed by atoms with van der Waals surface area (Å²) in [4.78, 5) is 1.86. The zero-order valence-electron chi connectivity index (χ0n) is 10.2. The second kappa shape index (κ2) is 4.86. The van der Waals surface area contributed by atoms with E-state index in [0.29, 0.717) is 11.4 Å². The molecule has 0 spiro atoms. The predicted octanol–water partition coefficient (Wildman–Crippen LogP) is 4.28. The summed E-state index contributed by atoms with van der Waals surface area (Å²) in [6.07, 6.45) is 0. The quantitative estimate of drug-likeness (QED) is 0.538. The van der Waals surface area contributed by atoms with Crippen LogP contribution in [0.25, 0.3) is 10.8 Å². The Hall–Kier alpha value is -2.13. The smallest absolute Gasteiger partial charge is 0.137 e. The predicted molar refractivity (Wildman–Crippen MR) is 80.6 cm³/mol. The lowest BCUT2D eigenvalue weighted by molar-refractivity contribution is 0.469. The molecule has 0 fully saturated rings. The van der Waals surface area contributed by atoms with Crippen molar-refractivity contribution in [3.05, 3.63) is 60.7 Å². The van der Waals surface area contributed by atoms with Gasteiger partial charge in [0.1, 0.15) is 5.75 Å². The number of rotatable bonds is 2. The molecule has 3 N–H and O–H groups in total. The van der Waals surface area contributed by atoms with E-state index in [2.05, 4.69) is 0 Å². The Bertz CT molecular complexity index is 725. The molecule has 0 aliphatic heterocycles. The molecule has 0 saturated carbocycles. The molecular formula is C16H13NOS. The first-order valence-electron chi connectivity index (χ1n) is 5.99. The summed E-state index contributed by atoms with van der Waals surface area (Å²) >= 11 is 1.51. The minimum atomic E-state index is 0.290. The number of nitrogen functional groups attached to an aromatic ring is 1. The normalized spacial score (nSPS) is 10.7. The molecule has 0 unspecified atom stereocenters. The van der Waals surface area contributed by atoms with Gasteiger partial charge in [0.15, 0.2) is 0 Å². The molecule has 0 bridgehead atoms. The second-order valence-corrected chi connectivity index (χ2v) is 5.39. The molecule has 0 heterocycles. The topological polar surface area (TPSA) is 46.2 Å². The van der Waals surface area contributed by atoms with Crippen molar-refractivity contribution in [1.29, 1.82) is 0 Å². The van der Waals surface area contributed by atoms with Crippen LogP contribution in [0.3, 0.4) is 0 Å². The second-order valence-electron chi connectivity index (χ2n) is 4.27. The van der Waals surface area contributed by atoms with Gasteiger partial charge in [-0.3, -0.25) is 0 Å². The Labute approximate surface area is 115 Å². The molecule has 94 valence electrons. The van der Waals surface area contributed by atoms with Crippen LogP contribution in [0.15, 0.2) is 70.5 Å². The standard InChI is InChI=1S/C16H13NOS/c17-14-10-15(19-11-6-2-1-3-7-11)16(18)13-9-5-4-8-12(13)14/h1-10,18H,17H2. The molecule has 3 aromatic rings. The van der Waals surface area contributed by atoms with E-state index in [1.165, 1.54) is 11.8 Å². The van der Waals surface area contributed by atoms with Crippen molar-refractivity contribution in [2.75, 3.05) is 5.73 Å². The number of benzene rings is 3. The molecular weight excluding hydrogens is 254 g/mol. The largest absolute Gasteiger partial charge is 0.506 e. The maximum atomic E-state index is 10.4. The molecule has 3 heteroatoms. The van der Waals surface area contributed by atoms with Crippen LogP contribution < -0.4 is 5.73 Å². The van der Waals surface area contributed by atoms with Gasteiger partial charge in [-0.1, -0.05) is 54.2 Å². The van der Waals surface area contributed by atoms with Gasteiger partial charge in [-0.25, -0.2) is 0 Å². The van der Waals surface area contributed by atoms with Crippen molar-refractivity contribution >= 4 is 28.2 Å². The Morgan fingerprint density at radius 1 is 0.842 bits per heavy atom. The van der Waals surface area contributed by atoms with Crippen LogP contribution in [0.5, 0.6) is 5.75 Å². The third-order valence-corrected chi connectivity index (χ3v) is 4.02. The lowest BCUT2D eigenvalue weighted by Gasteiger charge is -2.10. The highest BCUT2D eigenvalue weighted by molar-refractivity contribution is 7.99. The van der Waals surface area contributed by atoms with E-state index in [9.17, 15) is 5.11 Å². The van der Waals surface area contributed by atoms with Crippen molar-refractivity contribution in [2.24, 2.45) is 0 Å². The summed E-state index contributed by atoms with van der Waals surface area (Å²) in [7, 11) is 0. The van der Waals surface area contributed by atoms with Gasteiger partial charge >= 0.3 is 0 Å². The average molecular weight is 267 g/mol. The molecule has 0 aromatic heterocycles. The SMILES string of the molecule is Nc1cc(Sc2ccccc2)c(O)c2ccccc12. The highest BCUT2D eigenvalue weighted by atomic mass is 32.2. The van der Waals surface area contributed by atoms with Crippen LogP contribution in [0.1, 0.15) is 0 Å². The third kappa shape index (κ3) is 2.25. The monoisotopic (exact) mass is 267 g/mol. The van der Waals surface area contributed by atoms with Gasteiger partial charge in [-0.15, -0.1) is 0 Å². The lowest BCUT2D eigenvalue weighted by atomic mass is 10.1. The summed E-state index contributed by atoms with van der Waals surface area (Å²) in [6, 6.07) is 19.4. The molecule has 0 saturated heterocycles. The summed E-state index contributed by atoms with van der Waals surface area (Å²) < 4.78 is 0. The molecule has 3 rings (SSSR count). The van der Waals surface area contributed by atoms with Gasteiger partial charge in [0.2, 0.25) is 0 Å². The van der Waals surface area contributed by atoms with Crippen LogP contribution in [-0.2, 0) is 0 Å². The lowest BCUT2D eigenvalue weighted by Crippen LogP contribution is -1.89. The Balaban J connectivity index is 2.12. The first-order valence-corrected chi connectivity index (χ1v) is 6.80. The van der Waals surface area contributed by atoms with Gasteiger partial charge in [-0.2, -0.15) is 0 Å². The van der Waals surface area contributed by atoms with E-state index in [1.807, 2.05) is 60.7 Å². The fourth-order valence-corrected chi connectivity index (χ4v) is 2.99. The number of nitrogens with two attached hydrogens (primary N) is 1. The van der Waals surface area contributed by atoms with Crippen molar-refractivity contribution in [2.45, 2.75) is 9.79 Å². The van der Waals surface area contributed by atoms with Crippen LogP contribution in [0.2, 0.25) is 0 Å². The summed E-state index contributed by atoms with van der Waals surface area (Å²) in [5.74, 6) is 0.290. The van der Waals surface area contributed by atoms with E-state index in [1.54, 1.807) is 0 Å². The highest BCUT2D eigenvalue weighted by Crippen LogP contribution is 2.41. The van der Waals surface area contributed by atoms with E-state index < -0.39 is 0 Å². The molecule has 0 atom stereocenters. The fourth-order valence-electron chi connectivity index (χ4n) is 2.05. The van der Waals surface area contributed by atoms with Gasteiger partial charge in [0, 0.05) is 21.4 Å². The molecule has 19 heavy (non-hydrogen) atoms. The maximum absolute atomic E-state index is 10.4. The Morgan fingerprint density at radius 3 is 2.21 bits per heavy atom. The van der Waals surface area contributed by atoms with Crippen molar-refractivity contribution < 1.29 is 5.11 Å². The molecule has 3 aromatic carbocycles. The Kier molecular flexibility index (Phi) is 3.05. The van der Waals surface area contributed by atoms with E-state index in [4.69, 9.17) is 5.73 Å². The number of fused-ring (bicyclic) bond motifs is 1. The van der Waals surface area contributed by atoms with Crippen molar-refractivity contribution in [3.63, 3.8) is 0 Å². The number of anilines is 1. The molecule has 0 amide bonds. The maximum Gasteiger partial charge on any atom is 0.137 e. The number of phenolic OH excluding ortho intramolecular Hbond substituents is 1. The number of hydrogen-bond donors (Lipinski definition) is 2. The first kappa shape index (κ1) is 11.9. The van der Waals surface area contributed by atoms with E-state index >= 15 is 0 Å². The zero-order chi connectivity index (χ0) is 13.2. The molecule has 0 aliphatic rings. The highest BCUT2D eigenvalue weighted by Gasteiger charge is 2.10. The van der Waals surface area contributed by atoms with E-state index in [-0.39, 0.29) is 0 Å². The van der Waals surface area contributed by atoms with Crippen LogP contribution in [0.4, 0.5) is 5.69 Å². The third-order valence-electron chi connectivity index (χ3n) is 2.98. The number of hydrogen-bond acceptors (Lipinski definition) is 3. The number of aromatic hydroxyl groups is 1. The van der Waals surface area contributed by atoms with Gasteiger partial charge < -0.3 is 10.8 Å². The van der Waals surface area contributed by atoms with Gasteiger partial charge in [0.25, 0.3) is 0 Å². The van der Waals surface area contributed by atoms with Gasteiger partial charge in [-0.05, 0) is 18.2 Å². The summed E-state index contributed by atoms with van der Waals surface area (Å²) in [6.45, 7) is 0. The van der Waals surface area contributed by atoms with Crippen LogP contribution in [-0.4, -0.2) is 5.11 Å². The van der Waals surface area contributed by atoms with E-state index in [0.717, 1.165) is 20.6 Å². The zero-order valence-corrected chi connectivity index (χ0v) is 11.0. The molecule has 0 radical (unpaired) electrons. The molecule has 2 nitrogen and oxygen atoms in total. The summed E-state index contributed by atoms with van der Waals surface area (Å²) in [5, 5.41) is 12.0. The van der Waals surface area contributed by atoms with Gasteiger partial charge in [0.05, 0.1) is 4.90 Å². The minimum Gasteiger partial charge on any atom is -0.506 e. The molecule has 0 aliphatic carbocycles. The number of phenols is 1. The van der Waals surface area contributed by atoms with Crippen molar-refractivity contribution in [3.8, 4) is 5.75 Å². The van der Waals surface area contributed by atoms with Crippen LogP contribution in [0, 0.1) is 0 Å². The van der Waals surface area contributed by atoms with Crippen molar-refractivity contribution in [1.82, 2.24) is 0 Å². The summed E-state index contributed by atoms with van der Waals surface area (Å²) in [5.41, 5.74) is 6.74. The minimum absolute atomic E-state index is 0.290. The average Bonchev–Trinajstić information content (AvgIpc) is 2.46. The first-order chi connectivity index (χ1) is 9.25. The fraction of sp³-hybridized carbons (Fsp3) is 0.